The second-order valence-electron chi connectivity index (χ2n) is 6.42. The predicted octanol–water partition coefficient (Wildman–Crippen LogP) is 3.81. The summed E-state index contributed by atoms with van der Waals surface area (Å²) in [6.07, 6.45) is 3.60. The second kappa shape index (κ2) is 9.23. The topological polar surface area (TPSA) is 47.6 Å². The Kier molecular flexibility index (Phi) is 6.46. The van der Waals surface area contributed by atoms with E-state index in [1.807, 2.05) is 42.5 Å². The van der Waals surface area contributed by atoms with Gasteiger partial charge >= 0.3 is 5.97 Å². The van der Waals surface area contributed by atoms with Crippen molar-refractivity contribution in [1.29, 1.82) is 0 Å². The van der Waals surface area contributed by atoms with E-state index in [2.05, 4.69) is 5.32 Å². The molecule has 1 fully saturated rings. The highest BCUT2D eigenvalue weighted by Crippen LogP contribution is 2.18. The Balaban J connectivity index is 1.40. The molecule has 1 heterocycles. The molecule has 1 aliphatic rings. The first-order valence-electron chi connectivity index (χ1n) is 8.96. The Morgan fingerprint density at radius 3 is 2.44 bits per heavy atom. The molecule has 1 N–H and O–H groups in total. The molecule has 0 amide bonds. The van der Waals surface area contributed by atoms with Crippen molar-refractivity contribution in [2.75, 3.05) is 19.7 Å². The molecule has 1 aliphatic heterocycles. The van der Waals surface area contributed by atoms with Crippen molar-refractivity contribution in [3.05, 3.63) is 65.7 Å². The lowest BCUT2D eigenvalue weighted by atomic mass is 9.95. The molecule has 0 bridgehead atoms. The van der Waals surface area contributed by atoms with E-state index < -0.39 is 0 Å². The van der Waals surface area contributed by atoms with Crippen LogP contribution in [0.15, 0.2) is 54.6 Å². The van der Waals surface area contributed by atoms with Crippen LogP contribution in [0.3, 0.4) is 0 Å². The van der Waals surface area contributed by atoms with Crippen LogP contribution < -0.4 is 10.1 Å². The number of nitrogens with one attached hydrogen (secondary N) is 1. The first-order valence-corrected chi connectivity index (χ1v) is 8.96. The fourth-order valence-corrected chi connectivity index (χ4v) is 3.00. The van der Waals surface area contributed by atoms with Gasteiger partial charge in [0.2, 0.25) is 0 Å². The van der Waals surface area contributed by atoms with E-state index in [0.29, 0.717) is 5.56 Å². The van der Waals surface area contributed by atoms with Gasteiger partial charge in [0.25, 0.3) is 0 Å². The fourth-order valence-electron chi connectivity index (χ4n) is 3.00. The van der Waals surface area contributed by atoms with Crippen molar-refractivity contribution in [2.24, 2.45) is 5.92 Å². The van der Waals surface area contributed by atoms with Crippen LogP contribution in [0, 0.1) is 5.92 Å². The van der Waals surface area contributed by atoms with Crippen LogP contribution in [0.1, 0.15) is 35.2 Å². The maximum absolute atomic E-state index is 11.9. The molecule has 2 aromatic rings. The van der Waals surface area contributed by atoms with Crippen LogP contribution in [0.25, 0.3) is 0 Å². The van der Waals surface area contributed by atoms with Gasteiger partial charge in [-0.15, -0.1) is 0 Å². The molecule has 25 heavy (non-hydrogen) atoms. The van der Waals surface area contributed by atoms with Crippen molar-refractivity contribution >= 4 is 5.97 Å². The van der Waals surface area contributed by atoms with Crippen molar-refractivity contribution in [1.82, 2.24) is 5.32 Å². The number of esters is 1. The van der Waals surface area contributed by atoms with Gasteiger partial charge < -0.3 is 14.8 Å². The van der Waals surface area contributed by atoms with E-state index in [9.17, 15) is 4.79 Å². The number of hydrogen-bond acceptors (Lipinski definition) is 4. The smallest absolute Gasteiger partial charge is 0.338 e. The molecule has 2 aromatic carbocycles. The number of carbonyl (C=O) groups excluding carboxylic acids is 1. The summed E-state index contributed by atoms with van der Waals surface area (Å²) in [6.45, 7) is 3.28. The average molecular weight is 339 g/mol. The molecular formula is C21H25NO3. The number of rotatable bonds is 7. The minimum absolute atomic E-state index is 0.267. The van der Waals surface area contributed by atoms with Gasteiger partial charge in [-0.3, -0.25) is 0 Å². The SMILES string of the molecule is O=C(OCc1ccc(OCCC2CCNCC2)cc1)c1ccccc1. The largest absolute Gasteiger partial charge is 0.494 e. The Labute approximate surface area is 149 Å². The molecule has 0 aliphatic carbocycles. The van der Waals surface area contributed by atoms with Crippen molar-refractivity contribution in [2.45, 2.75) is 25.9 Å². The fraction of sp³-hybridized carbons (Fsp3) is 0.381. The van der Waals surface area contributed by atoms with E-state index >= 15 is 0 Å². The van der Waals surface area contributed by atoms with Gasteiger partial charge in [-0.05, 0) is 68.1 Å². The van der Waals surface area contributed by atoms with E-state index in [4.69, 9.17) is 9.47 Å². The van der Waals surface area contributed by atoms with Crippen LogP contribution in [0.2, 0.25) is 0 Å². The Bertz CT molecular complexity index is 649. The highest BCUT2D eigenvalue weighted by Gasteiger charge is 2.12. The Morgan fingerprint density at radius 2 is 1.72 bits per heavy atom. The molecule has 0 radical (unpaired) electrons. The number of hydrogen-bond donors (Lipinski definition) is 1. The lowest BCUT2D eigenvalue weighted by Gasteiger charge is -2.22. The molecule has 4 heteroatoms. The normalized spacial score (nSPS) is 14.9. The maximum atomic E-state index is 11.9. The van der Waals surface area contributed by atoms with Gasteiger partial charge in [0.15, 0.2) is 0 Å². The standard InChI is InChI=1S/C21H25NO3/c23-21(19-4-2-1-3-5-19)25-16-18-6-8-20(9-7-18)24-15-12-17-10-13-22-14-11-17/h1-9,17,22H,10-16H2. The molecule has 0 saturated carbocycles. The minimum atomic E-state index is -0.303. The van der Waals surface area contributed by atoms with Crippen LogP contribution in [0.4, 0.5) is 0 Å². The van der Waals surface area contributed by atoms with Gasteiger partial charge in [-0.25, -0.2) is 4.79 Å². The quantitative estimate of drug-likeness (QED) is 0.779. The highest BCUT2D eigenvalue weighted by molar-refractivity contribution is 5.89. The first-order chi connectivity index (χ1) is 12.3. The summed E-state index contributed by atoms with van der Waals surface area (Å²) in [5.74, 6) is 1.34. The molecule has 1 saturated heterocycles. The Morgan fingerprint density at radius 1 is 1.00 bits per heavy atom. The zero-order valence-corrected chi connectivity index (χ0v) is 14.4. The summed E-state index contributed by atoms with van der Waals surface area (Å²) in [6, 6.07) is 16.8. The summed E-state index contributed by atoms with van der Waals surface area (Å²) in [4.78, 5) is 11.9. The number of piperidine rings is 1. The van der Waals surface area contributed by atoms with E-state index in [-0.39, 0.29) is 12.6 Å². The molecular weight excluding hydrogens is 314 g/mol. The van der Waals surface area contributed by atoms with Crippen LogP contribution in [-0.2, 0) is 11.3 Å². The highest BCUT2D eigenvalue weighted by atomic mass is 16.5. The van der Waals surface area contributed by atoms with Gasteiger partial charge in [-0.2, -0.15) is 0 Å². The van der Waals surface area contributed by atoms with Gasteiger partial charge in [-0.1, -0.05) is 30.3 Å². The molecule has 132 valence electrons. The van der Waals surface area contributed by atoms with Crippen molar-refractivity contribution < 1.29 is 14.3 Å². The summed E-state index contributed by atoms with van der Waals surface area (Å²) < 4.78 is 11.2. The minimum Gasteiger partial charge on any atom is -0.494 e. The summed E-state index contributed by atoms with van der Waals surface area (Å²) >= 11 is 0. The molecule has 4 nitrogen and oxygen atoms in total. The lowest BCUT2D eigenvalue weighted by molar-refractivity contribution is 0.0472. The average Bonchev–Trinajstić information content (AvgIpc) is 2.68. The van der Waals surface area contributed by atoms with Gasteiger partial charge in [0.1, 0.15) is 12.4 Å². The van der Waals surface area contributed by atoms with Crippen LogP contribution in [-0.4, -0.2) is 25.7 Å². The van der Waals surface area contributed by atoms with Gasteiger partial charge in [0, 0.05) is 0 Å². The summed E-state index contributed by atoms with van der Waals surface area (Å²) in [5.41, 5.74) is 1.52. The number of carbonyl (C=O) groups is 1. The molecule has 3 rings (SSSR count). The third-order valence-electron chi connectivity index (χ3n) is 4.56. The number of benzene rings is 2. The third-order valence-corrected chi connectivity index (χ3v) is 4.56. The van der Waals surface area contributed by atoms with E-state index in [1.54, 1.807) is 12.1 Å². The second-order valence-corrected chi connectivity index (χ2v) is 6.42. The maximum Gasteiger partial charge on any atom is 0.338 e. The van der Waals surface area contributed by atoms with Crippen molar-refractivity contribution in [3.8, 4) is 5.75 Å². The van der Waals surface area contributed by atoms with Crippen molar-refractivity contribution in [3.63, 3.8) is 0 Å². The zero-order valence-electron chi connectivity index (χ0n) is 14.4. The van der Waals surface area contributed by atoms with Gasteiger partial charge in [0.05, 0.1) is 12.2 Å². The summed E-state index contributed by atoms with van der Waals surface area (Å²) in [7, 11) is 0. The van der Waals surface area contributed by atoms with Crippen LogP contribution in [0.5, 0.6) is 5.75 Å². The summed E-state index contributed by atoms with van der Waals surface area (Å²) in [5, 5.41) is 3.38. The zero-order chi connectivity index (χ0) is 17.3. The lowest BCUT2D eigenvalue weighted by Crippen LogP contribution is -2.28. The van der Waals surface area contributed by atoms with E-state index in [0.717, 1.165) is 43.3 Å². The van der Waals surface area contributed by atoms with E-state index in [1.165, 1.54) is 12.8 Å². The predicted molar refractivity (Wildman–Crippen MR) is 97.7 cm³/mol. The third kappa shape index (κ3) is 5.61. The Hall–Kier alpha value is -2.33. The number of ether oxygens (including phenoxy) is 2. The molecule has 0 spiro atoms. The molecule has 0 unspecified atom stereocenters. The molecule has 0 atom stereocenters. The first kappa shape index (κ1) is 17.5. The monoisotopic (exact) mass is 339 g/mol. The molecule has 0 aromatic heterocycles. The van der Waals surface area contributed by atoms with Crippen LogP contribution >= 0.6 is 0 Å².